The number of hydrogen-bond donors (Lipinski definition) is 1. The fourth-order valence-corrected chi connectivity index (χ4v) is 5.59. The van der Waals surface area contributed by atoms with Crippen molar-refractivity contribution in [2.75, 3.05) is 29.8 Å². The lowest BCUT2D eigenvalue weighted by molar-refractivity contribution is 0.414. The van der Waals surface area contributed by atoms with Gasteiger partial charge in [0.25, 0.3) is 10.0 Å². The van der Waals surface area contributed by atoms with Crippen molar-refractivity contribution in [3.63, 3.8) is 0 Å². The van der Waals surface area contributed by atoms with E-state index in [4.69, 9.17) is 16.3 Å². The van der Waals surface area contributed by atoms with Crippen LogP contribution in [-0.2, 0) is 10.0 Å². The number of nitrogens with zero attached hydrogens (tertiary/aromatic N) is 3. The van der Waals surface area contributed by atoms with E-state index >= 15 is 0 Å². The maximum atomic E-state index is 13.0. The van der Waals surface area contributed by atoms with Crippen molar-refractivity contribution in [2.45, 2.75) is 37.5 Å². The molecule has 1 aromatic heterocycles. The van der Waals surface area contributed by atoms with Crippen molar-refractivity contribution in [1.29, 1.82) is 0 Å². The highest BCUT2D eigenvalue weighted by atomic mass is 35.5. The SMILES string of the molecule is COc1cc(C)c(S(=O)(=O)Nc2cccc(-c3ccc(N4CCCCCC4)nn3)c2)cc1Cl. The van der Waals surface area contributed by atoms with Gasteiger partial charge in [-0.25, -0.2) is 8.42 Å². The summed E-state index contributed by atoms with van der Waals surface area (Å²) in [5, 5.41) is 9.05. The first-order valence-corrected chi connectivity index (χ1v) is 12.8. The molecule has 33 heavy (non-hydrogen) atoms. The van der Waals surface area contributed by atoms with Gasteiger partial charge < -0.3 is 9.64 Å². The molecule has 0 atom stereocenters. The molecule has 9 heteroatoms. The van der Waals surface area contributed by atoms with Crippen LogP contribution in [-0.4, -0.2) is 38.8 Å². The summed E-state index contributed by atoms with van der Waals surface area (Å²) in [6, 6.07) is 14.0. The molecule has 2 heterocycles. The summed E-state index contributed by atoms with van der Waals surface area (Å²) in [5.74, 6) is 1.31. The van der Waals surface area contributed by atoms with Crippen molar-refractivity contribution in [1.82, 2.24) is 10.2 Å². The third kappa shape index (κ3) is 5.39. The minimum atomic E-state index is -3.85. The molecule has 0 amide bonds. The molecule has 0 spiro atoms. The van der Waals surface area contributed by atoms with E-state index in [1.807, 2.05) is 18.2 Å². The van der Waals surface area contributed by atoms with Crippen molar-refractivity contribution < 1.29 is 13.2 Å². The number of aromatic nitrogens is 2. The van der Waals surface area contributed by atoms with Gasteiger partial charge in [-0.05, 0) is 61.7 Å². The minimum absolute atomic E-state index is 0.0975. The lowest BCUT2D eigenvalue weighted by atomic mass is 10.1. The largest absolute Gasteiger partial charge is 0.495 e. The highest BCUT2D eigenvalue weighted by Crippen LogP contribution is 2.31. The first-order chi connectivity index (χ1) is 15.9. The average Bonchev–Trinajstić information content (AvgIpc) is 3.10. The fourth-order valence-electron chi connectivity index (χ4n) is 3.98. The molecule has 1 saturated heterocycles. The lowest BCUT2D eigenvalue weighted by Gasteiger charge is -2.20. The number of aryl methyl sites for hydroxylation is 1. The second-order valence-electron chi connectivity index (χ2n) is 8.12. The standard InChI is InChI=1S/C24H27ClN4O3S/c1-17-14-22(32-2)20(25)16-23(17)33(30,31)28-19-9-7-8-18(15-19)21-10-11-24(27-26-21)29-12-5-3-4-6-13-29/h7-11,14-16,28H,3-6,12-13H2,1-2H3. The van der Waals surface area contributed by atoms with Gasteiger partial charge in [0.2, 0.25) is 0 Å². The number of ether oxygens (including phenoxy) is 1. The van der Waals surface area contributed by atoms with Crippen molar-refractivity contribution in [3.05, 3.63) is 59.1 Å². The van der Waals surface area contributed by atoms with Crippen molar-refractivity contribution >= 4 is 33.1 Å². The fraction of sp³-hybridized carbons (Fsp3) is 0.333. The number of anilines is 2. The van der Waals surface area contributed by atoms with Crippen LogP contribution in [0.5, 0.6) is 5.75 Å². The molecule has 0 saturated carbocycles. The first kappa shape index (κ1) is 23.3. The van der Waals surface area contributed by atoms with Crippen LogP contribution < -0.4 is 14.4 Å². The highest BCUT2D eigenvalue weighted by Gasteiger charge is 2.20. The summed E-state index contributed by atoms with van der Waals surface area (Å²) in [4.78, 5) is 2.37. The summed E-state index contributed by atoms with van der Waals surface area (Å²) in [7, 11) is -2.36. The second kappa shape index (κ2) is 9.97. The van der Waals surface area contributed by atoms with E-state index < -0.39 is 10.0 Å². The molecular weight excluding hydrogens is 460 g/mol. The molecule has 1 fully saturated rings. The van der Waals surface area contributed by atoms with Crippen LogP contribution in [0.25, 0.3) is 11.3 Å². The zero-order valence-electron chi connectivity index (χ0n) is 18.7. The van der Waals surface area contributed by atoms with E-state index in [-0.39, 0.29) is 9.92 Å². The Kier molecular flexibility index (Phi) is 7.05. The van der Waals surface area contributed by atoms with Gasteiger partial charge in [-0.3, -0.25) is 4.72 Å². The maximum Gasteiger partial charge on any atom is 0.262 e. The van der Waals surface area contributed by atoms with E-state index in [0.29, 0.717) is 22.7 Å². The molecule has 0 radical (unpaired) electrons. The predicted octanol–water partition coefficient (Wildman–Crippen LogP) is 5.30. The summed E-state index contributed by atoms with van der Waals surface area (Å²) >= 11 is 6.16. The molecule has 3 aromatic rings. The van der Waals surface area contributed by atoms with Gasteiger partial charge in [0, 0.05) is 24.3 Å². The number of rotatable bonds is 6. The van der Waals surface area contributed by atoms with Gasteiger partial charge in [-0.15, -0.1) is 10.2 Å². The number of benzene rings is 2. The maximum absolute atomic E-state index is 13.0. The van der Waals surface area contributed by atoms with Crippen LogP contribution in [0.1, 0.15) is 31.2 Å². The first-order valence-electron chi connectivity index (χ1n) is 10.9. The third-order valence-corrected chi connectivity index (χ3v) is 7.55. The van der Waals surface area contributed by atoms with E-state index in [1.54, 1.807) is 31.2 Å². The Morgan fingerprint density at radius 3 is 2.42 bits per heavy atom. The zero-order valence-corrected chi connectivity index (χ0v) is 20.3. The number of nitrogens with one attached hydrogen (secondary N) is 1. The van der Waals surface area contributed by atoms with Gasteiger partial charge in [0.05, 0.1) is 22.7 Å². The molecule has 1 aliphatic heterocycles. The topological polar surface area (TPSA) is 84.4 Å². The van der Waals surface area contributed by atoms with Gasteiger partial charge in [0.15, 0.2) is 5.82 Å². The number of sulfonamides is 1. The molecule has 1 N–H and O–H groups in total. The van der Waals surface area contributed by atoms with Crippen LogP contribution in [0.4, 0.5) is 11.5 Å². The smallest absolute Gasteiger partial charge is 0.262 e. The summed E-state index contributed by atoms with van der Waals surface area (Å²) in [6.45, 7) is 3.70. The van der Waals surface area contributed by atoms with Gasteiger partial charge in [-0.2, -0.15) is 0 Å². The van der Waals surface area contributed by atoms with E-state index in [9.17, 15) is 8.42 Å². The van der Waals surface area contributed by atoms with Gasteiger partial charge in [0.1, 0.15) is 5.75 Å². The quantitative estimate of drug-likeness (QED) is 0.509. The molecule has 2 aromatic carbocycles. The summed E-state index contributed by atoms with van der Waals surface area (Å²) in [6.07, 6.45) is 4.86. The van der Waals surface area contributed by atoms with Crippen LogP contribution in [0, 0.1) is 6.92 Å². The Hall–Kier alpha value is -2.84. The zero-order chi connectivity index (χ0) is 23.4. The van der Waals surface area contributed by atoms with Crippen LogP contribution >= 0.6 is 11.6 Å². The van der Waals surface area contributed by atoms with Gasteiger partial charge in [-0.1, -0.05) is 36.6 Å². The van der Waals surface area contributed by atoms with Crippen molar-refractivity contribution in [2.24, 2.45) is 0 Å². The highest BCUT2D eigenvalue weighted by molar-refractivity contribution is 7.92. The third-order valence-electron chi connectivity index (χ3n) is 5.73. The van der Waals surface area contributed by atoms with E-state index in [1.165, 1.54) is 38.9 Å². The monoisotopic (exact) mass is 486 g/mol. The Labute approximate surface area is 199 Å². The Balaban J connectivity index is 1.55. The van der Waals surface area contributed by atoms with E-state index in [0.717, 1.165) is 24.5 Å². The summed E-state index contributed by atoms with van der Waals surface area (Å²) < 4.78 is 33.9. The number of methoxy groups -OCH3 is 1. The van der Waals surface area contributed by atoms with Crippen molar-refractivity contribution in [3.8, 4) is 17.0 Å². The van der Waals surface area contributed by atoms with Crippen LogP contribution in [0.15, 0.2) is 53.4 Å². The molecule has 174 valence electrons. The Morgan fingerprint density at radius 1 is 1.00 bits per heavy atom. The Morgan fingerprint density at radius 2 is 1.76 bits per heavy atom. The minimum Gasteiger partial charge on any atom is -0.495 e. The van der Waals surface area contributed by atoms with Crippen LogP contribution in [0.3, 0.4) is 0 Å². The number of hydrogen-bond acceptors (Lipinski definition) is 6. The average molecular weight is 487 g/mol. The molecule has 4 rings (SSSR count). The second-order valence-corrected chi connectivity index (χ2v) is 10.2. The lowest BCUT2D eigenvalue weighted by Crippen LogP contribution is -2.25. The molecular formula is C24H27ClN4O3S. The van der Waals surface area contributed by atoms with Crippen LogP contribution in [0.2, 0.25) is 5.02 Å². The molecule has 0 unspecified atom stereocenters. The van der Waals surface area contributed by atoms with E-state index in [2.05, 4.69) is 19.8 Å². The molecule has 1 aliphatic rings. The van der Waals surface area contributed by atoms with Gasteiger partial charge >= 0.3 is 0 Å². The normalized spacial score (nSPS) is 14.6. The molecule has 7 nitrogen and oxygen atoms in total. The predicted molar refractivity (Wildman–Crippen MR) is 132 cm³/mol. The summed E-state index contributed by atoms with van der Waals surface area (Å²) in [5.41, 5.74) is 2.42. The molecule has 0 bridgehead atoms. The number of halogens is 1. The Bertz CT molecular complexity index is 1220. The molecule has 0 aliphatic carbocycles.